The van der Waals surface area contributed by atoms with Crippen molar-refractivity contribution in [3.63, 3.8) is 0 Å². The van der Waals surface area contributed by atoms with Gasteiger partial charge in [-0.1, -0.05) is 0 Å². The molecular formula is C13H18N4O2. The molecule has 0 aliphatic carbocycles. The van der Waals surface area contributed by atoms with Crippen molar-refractivity contribution in [2.45, 2.75) is 12.8 Å². The Morgan fingerprint density at radius 1 is 1.53 bits per heavy atom. The number of piperidine rings is 1. The van der Waals surface area contributed by atoms with Gasteiger partial charge < -0.3 is 9.80 Å². The molecule has 0 bridgehead atoms. The number of fused-ring (bicyclic) bond motifs is 1. The fourth-order valence-electron chi connectivity index (χ4n) is 3.06. The highest BCUT2D eigenvalue weighted by Crippen LogP contribution is 2.31. The maximum Gasteiger partial charge on any atom is 0.228 e. The van der Waals surface area contributed by atoms with E-state index in [1.807, 2.05) is 11.9 Å². The predicted octanol–water partition coefficient (Wildman–Crippen LogP) is -0.111. The number of carbonyl (C=O) groups excluding carboxylic acids is 2. The van der Waals surface area contributed by atoms with Crippen molar-refractivity contribution in [3.8, 4) is 0 Å². The number of carbonyl (C=O) groups is 2. The number of hydrogen-bond acceptors (Lipinski definition) is 3. The van der Waals surface area contributed by atoms with Crippen molar-refractivity contribution >= 4 is 11.8 Å². The third-order valence-electron chi connectivity index (χ3n) is 4.22. The summed E-state index contributed by atoms with van der Waals surface area (Å²) in [7, 11) is 1.84. The number of amides is 2. The molecule has 2 saturated heterocycles. The quantitative estimate of drug-likeness (QED) is 0.808. The molecule has 2 aliphatic heterocycles. The van der Waals surface area contributed by atoms with E-state index in [2.05, 4.69) is 10.2 Å². The summed E-state index contributed by atoms with van der Waals surface area (Å²) in [6.07, 6.45) is 2.98. The molecule has 1 aromatic heterocycles. The highest BCUT2D eigenvalue weighted by Gasteiger charge is 2.43. The fraction of sp³-hybridized carbons (Fsp3) is 0.615. The van der Waals surface area contributed by atoms with E-state index in [1.54, 1.807) is 17.2 Å². The van der Waals surface area contributed by atoms with E-state index in [1.165, 1.54) is 0 Å². The van der Waals surface area contributed by atoms with Gasteiger partial charge in [0.15, 0.2) is 0 Å². The molecule has 0 unspecified atom stereocenters. The van der Waals surface area contributed by atoms with Crippen LogP contribution in [0.4, 0.5) is 0 Å². The van der Waals surface area contributed by atoms with E-state index in [9.17, 15) is 9.59 Å². The van der Waals surface area contributed by atoms with Crippen LogP contribution in [0.5, 0.6) is 0 Å². The third-order valence-corrected chi connectivity index (χ3v) is 4.22. The van der Waals surface area contributed by atoms with Crippen molar-refractivity contribution in [3.05, 3.63) is 18.0 Å². The first kappa shape index (κ1) is 12.2. The van der Waals surface area contributed by atoms with Crippen LogP contribution in [0.3, 0.4) is 0 Å². The number of aromatic nitrogens is 2. The number of H-pyrrole nitrogens is 1. The lowest BCUT2D eigenvalue weighted by molar-refractivity contribution is -0.138. The maximum atomic E-state index is 12.2. The molecule has 0 aromatic carbocycles. The van der Waals surface area contributed by atoms with Gasteiger partial charge in [0.05, 0.1) is 12.3 Å². The van der Waals surface area contributed by atoms with Crippen LogP contribution < -0.4 is 0 Å². The first-order valence-electron chi connectivity index (χ1n) is 6.66. The molecule has 1 aromatic rings. The highest BCUT2D eigenvalue weighted by molar-refractivity contribution is 5.83. The largest absolute Gasteiger partial charge is 0.345 e. The predicted molar refractivity (Wildman–Crippen MR) is 68.1 cm³/mol. The van der Waals surface area contributed by atoms with Crippen molar-refractivity contribution in [2.24, 2.45) is 11.8 Å². The zero-order valence-corrected chi connectivity index (χ0v) is 11.0. The minimum absolute atomic E-state index is 0.00414. The van der Waals surface area contributed by atoms with Gasteiger partial charge in [-0.15, -0.1) is 0 Å². The summed E-state index contributed by atoms with van der Waals surface area (Å²) in [6.45, 7) is 2.10. The third kappa shape index (κ3) is 2.22. The summed E-state index contributed by atoms with van der Waals surface area (Å²) in [5.74, 6) is 0.612. The average molecular weight is 262 g/mol. The fourth-order valence-corrected chi connectivity index (χ4v) is 3.06. The molecule has 6 nitrogen and oxygen atoms in total. The molecule has 0 spiro atoms. The summed E-state index contributed by atoms with van der Waals surface area (Å²) >= 11 is 0. The normalized spacial score (nSPS) is 26.7. The number of nitrogens with zero attached hydrogens (tertiary/aromatic N) is 3. The van der Waals surface area contributed by atoms with Gasteiger partial charge in [0.1, 0.15) is 0 Å². The molecule has 3 heterocycles. The van der Waals surface area contributed by atoms with Crippen LogP contribution in [0.2, 0.25) is 0 Å². The number of rotatable bonds is 2. The van der Waals surface area contributed by atoms with E-state index >= 15 is 0 Å². The molecule has 102 valence electrons. The van der Waals surface area contributed by atoms with Crippen LogP contribution in [-0.4, -0.2) is 58.5 Å². The Hall–Kier alpha value is -1.85. The van der Waals surface area contributed by atoms with Crippen LogP contribution >= 0.6 is 0 Å². The monoisotopic (exact) mass is 262 g/mol. The first-order valence-corrected chi connectivity index (χ1v) is 6.66. The lowest BCUT2D eigenvalue weighted by Gasteiger charge is -2.30. The summed E-state index contributed by atoms with van der Waals surface area (Å²) in [5, 5.41) is 6.64. The lowest BCUT2D eigenvalue weighted by Crippen LogP contribution is -2.42. The van der Waals surface area contributed by atoms with Gasteiger partial charge in [-0.3, -0.25) is 14.7 Å². The van der Waals surface area contributed by atoms with Crippen molar-refractivity contribution in [2.75, 3.05) is 26.7 Å². The van der Waals surface area contributed by atoms with Gasteiger partial charge in [-0.05, 0) is 18.4 Å². The van der Waals surface area contributed by atoms with Gasteiger partial charge in [0.25, 0.3) is 0 Å². The van der Waals surface area contributed by atoms with E-state index < -0.39 is 0 Å². The Labute approximate surface area is 111 Å². The van der Waals surface area contributed by atoms with Crippen LogP contribution in [0.1, 0.15) is 12.1 Å². The Bertz CT molecular complexity index is 485. The Kier molecular flexibility index (Phi) is 3.00. The highest BCUT2D eigenvalue weighted by atomic mass is 16.2. The molecule has 0 radical (unpaired) electrons. The molecule has 2 amide bonds. The second kappa shape index (κ2) is 4.68. The molecule has 2 atom stereocenters. The standard InChI is InChI=1S/C13H18N4O2/c1-16-5-3-9-7-17(8-11(9)13(16)19)12(18)6-10-2-4-14-15-10/h2,4,9,11H,3,5-8H2,1H3,(H,14,15)/t9-,11+/m1/s1. The molecule has 2 fully saturated rings. The SMILES string of the molecule is CN1CC[C@@H]2CN(C(=O)Cc3ccn[nH]3)C[C@@H]2C1=O. The van der Waals surface area contributed by atoms with Crippen molar-refractivity contribution in [1.29, 1.82) is 0 Å². The molecule has 3 rings (SSSR count). The molecule has 1 N–H and O–H groups in total. The second-order valence-corrected chi connectivity index (χ2v) is 5.47. The molecule has 2 aliphatic rings. The number of nitrogens with one attached hydrogen (secondary N) is 1. The summed E-state index contributed by atoms with van der Waals surface area (Å²) < 4.78 is 0. The molecular weight excluding hydrogens is 244 g/mol. The summed E-state index contributed by atoms with van der Waals surface area (Å²) in [5.41, 5.74) is 0.823. The van der Waals surface area contributed by atoms with Gasteiger partial charge in [0, 0.05) is 38.6 Å². The molecule has 19 heavy (non-hydrogen) atoms. The zero-order valence-electron chi connectivity index (χ0n) is 11.0. The summed E-state index contributed by atoms with van der Waals surface area (Å²) in [6, 6.07) is 1.81. The minimum atomic E-state index is 0.00414. The smallest absolute Gasteiger partial charge is 0.228 e. The zero-order chi connectivity index (χ0) is 13.4. The van der Waals surface area contributed by atoms with Gasteiger partial charge in [-0.25, -0.2) is 0 Å². The Balaban J connectivity index is 1.65. The average Bonchev–Trinajstić information content (AvgIpc) is 3.02. The lowest BCUT2D eigenvalue weighted by atomic mass is 9.88. The van der Waals surface area contributed by atoms with Gasteiger partial charge in [0.2, 0.25) is 11.8 Å². The first-order chi connectivity index (χ1) is 9.15. The van der Waals surface area contributed by atoms with E-state index in [4.69, 9.17) is 0 Å². The summed E-state index contributed by atoms with van der Waals surface area (Å²) in [4.78, 5) is 27.9. The van der Waals surface area contributed by atoms with Gasteiger partial charge in [-0.2, -0.15) is 5.10 Å². The Morgan fingerprint density at radius 3 is 3.11 bits per heavy atom. The van der Waals surface area contributed by atoms with E-state index in [0.717, 1.165) is 25.2 Å². The number of hydrogen-bond donors (Lipinski definition) is 1. The Morgan fingerprint density at radius 2 is 2.37 bits per heavy atom. The molecule has 0 saturated carbocycles. The second-order valence-electron chi connectivity index (χ2n) is 5.47. The van der Waals surface area contributed by atoms with Crippen LogP contribution in [0.25, 0.3) is 0 Å². The number of aromatic amines is 1. The van der Waals surface area contributed by atoms with Crippen molar-refractivity contribution < 1.29 is 9.59 Å². The van der Waals surface area contributed by atoms with E-state index in [-0.39, 0.29) is 17.7 Å². The van der Waals surface area contributed by atoms with Crippen LogP contribution in [-0.2, 0) is 16.0 Å². The van der Waals surface area contributed by atoms with Gasteiger partial charge >= 0.3 is 0 Å². The van der Waals surface area contributed by atoms with Crippen LogP contribution in [0.15, 0.2) is 12.3 Å². The van der Waals surface area contributed by atoms with E-state index in [0.29, 0.717) is 18.9 Å². The van der Waals surface area contributed by atoms with Crippen LogP contribution in [0, 0.1) is 11.8 Å². The topological polar surface area (TPSA) is 69.3 Å². The number of likely N-dealkylation sites (tertiary alicyclic amines) is 2. The molecule has 6 heteroatoms. The van der Waals surface area contributed by atoms with Crippen molar-refractivity contribution in [1.82, 2.24) is 20.0 Å². The maximum absolute atomic E-state index is 12.2. The minimum Gasteiger partial charge on any atom is -0.345 e.